The Morgan fingerprint density at radius 3 is 2.58 bits per heavy atom. The van der Waals surface area contributed by atoms with Crippen LogP contribution in [-0.2, 0) is 13.8 Å². The average molecular weight is 520 g/mol. The van der Waals surface area contributed by atoms with Gasteiger partial charge in [0.2, 0.25) is 12.5 Å². The third-order valence-corrected chi connectivity index (χ3v) is 11.3. The maximum absolute atomic E-state index is 12.7. The highest BCUT2D eigenvalue weighted by atomic mass is 33.1. The van der Waals surface area contributed by atoms with Crippen molar-refractivity contribution in [2.24, 2.45) is 5.41 Å². The zero-order chi connectivity index (χ0) is 25.0. The Balaban J connectivity index is 1.82. The van der Waals surface area contributed by atoms with E-state index in [9.17, 15) is 4.79 Å². The maximum Gasteiger partial charge on any atom is 0.259 e. The van der Waals surface area contributed by atoms with E-state index in [2.05, 4.69) is 37.2 Å². The summed E-state index contributed by atoms with van der Waals surface area (Å²) in [5.74, 6) is 1.54. The summed E-state index contributed by atoms with van der Waals surface area (Å²) in [6.45, 7) is 18.4. The van der Waals surface area contributed by atoms with Crippen molar-refractivity contribution in [2.75, 3.05) is 38.6 Å². The van der Waals surface area contributed by atoms with E-state index in [0.29, 0.717) is 46.2 Å². The largest absolute Gasteiger partial charge is 0.343 e. The van der Waals surface area contributed by atoms with Crippen molar-refractivity contribution in [2.45, 2.75) is 96.9 Å². The van der Waals surface area contributed by atoms with Crippen molar-refractivity contribution >= 4 is 36.0 Å². The fourth-order valence-corrected chi connectivity index (χ4v) is 8.99. The fourth-order valence-electron chi connectivity index (χ4n) is 4.25. The van der Waals surface area contributed by atoms with Crippen molar-refractivity contribution in [1.29, 1.82) is 0 Å². The van der Waals surface area contributed by atoms with Crippen LogP contribution < -0.4 is 0 Å². The molecule has 33 heavy (non-hydrogen) atoms. The molecule has 0 saturated carbocycles. The van der Waals surface area contributed by atoms with E-state index in [0.717, 1.165) is 30.9 Å². The van der Waals surface area contributed by atoms with Crippen molar-refractivity contribution < 1.29 is 15.2 Å². The summed E-state index contributed by atoms with van der Waals surface area (Å²) < 4.78 is 22.9. The van der Waals surface area contributed by atoms with Crippen LogP contribution in [0.5, 0.6) is 0 Å². The summed E-state index contributed by atoms with van der Waals surface area (Å²) in [4.78, 5) is 18.1. The van der Waals surface area contributed by atoms with Gasteiger partial charge in [-0.1, -0.05) is 34.9 Å². The molecule has 190 valence electrons. The van der Waals surface area contributed by atoms with Crippen LogP contribution in [0.25, 0.3) is 4.85 Å². The van der Waals surface area contributed by atoms with Crippen LogP contribution in [0, 0.1) is 12.0 Å². The first-order valence-corrected chi connectivity index (χ1v) is 15.9. The van der Waals surface area contributed by atoms with Gasteiger partial charge in [0.15, 0.2) is 0 Å². The van der Waals surface area contributed by atoms with Gasteiger partial charge in [-0.2, -0.15) is 0 Å². The Morgan fingerprint density at radius 1 is 1.27 bits per heavy atom. The highest BCUT2D eigenvalue weighted by molar-refractivity contribution is 8.77. The minimum Gasteiger partial charge on any atom is -0.343 e. The molecule has 2 aliphatic heterocycles. The molecule has 1 unspecified atom stereocenters. The molecular formula is C24H44N3O3PS2. The summed E-state index contributed by atoms with van der Waals surface area (Å²) in [5, 5.41) is 0.783. The van der Waals surface area contributed by atoms with Gasteiger partial charge in [-0.05, 0) is 65.2 Å². The summed E-state index contributed by atoms with van der Waals surface area (Å²) in [7, 11) is 2.70. The highest BCUT2D eigenvalue weighted by Gasteiger charge is 2.35. The number of rotatable bonds is 14. The van der Waals surface area contributed by atoms with Gasteiger partial charge in [0.05, 0.1) is 6.61 Å². The van der Waals surface area contributed by atoms with Crippen LogP contribution in [0.2, 0.25) is 0 Å². The van der Waals surface area contributed by atoms with Crippen LogP contribution in [0.4, 0.5) is 0 Å². The number of nitrogens with zero attached hydrogens (tertiary/aromatic N) is 3. The lowest BCUT2D eigenvalue weighted by atomic mass is 9.81. The molecule has 0 aliphatic carbocycles. The van der Waals surface area contributed by atoms with Gasteiger partial charge in [0.25, 0.3) is 8.53 Å². The standard InChI is InChI=1S/C24H44N3O3PS2/c1-20(2)27(21(3)4)31(29-17-14-25-6)30-19-24(5)12-15-26(16-13-24)23(28)10-8-7-9-22-11-18-32-33-22/h20-22H,7-19H2,1-5H3/t22-,31?/m1/s1/i5T. The van der Waals surface area contributed by atoms with E-state index < -0.39 is 8.53 Å². The summed E-state index contributed by atoms with van der Waals surface area (Å²) in [5.41, 5.74) is -0.239. The molecule has 0 N–H and O–H groups in total. The smallest absolute Gasteiger partial charge is 0.259 e. The molecule has 1 amide bonds. The molecule has 2 heterocycles. The fraction of sp³-hybridized carbons (Fsp3) is 0.917. The van der Waals surface area contributed by atoms with E-state index in [4.69, 9.17) is 17.0 Å². The molecule has 0 bridgehead atoms. The first-order valence-electron chi connectivity index (χ1n) is 13.1. The zero-order valence-corrected chi connectivity index (χ0v) is 23.5. The topological polar surface area (TPSA) is 46.4 Å². The zero-order valence-electron chi connectivity index (χ0n) is 22.0. The van der Waals surface area contributed by atoms with Crippen molar-refractivity contribution in [3.63, 3.8) is 0 Å². The first-order chi connectivity index (χ1) is 16.3. The van der Waals surface area contributed by atoms with Gasteiger partial charge in [-0.15, -0.1) is 0 Å². The molecule has 2 atom stereocenters. The summed E-state index contributed by atoms with van der Waals surface area (Å²) in [6.07, 6.45) is 6.91. The minimum atomic E-state index is -1.29. The number of likely N-dealkylation sites (tertiary alicyclic amines) is 1. The molecule has 2 aliphatic rings. The Hall–Kier alpha value is -0.0300. The van der Waals surface area contributed by atoms with Crippen molar-refractivity contribution in [1.82, 2.24) is 9.57 Å². The van der Waals surface area contributed by atoms with Crippen LogP contribution in [0.1, 0.15) is 80.9 Å². The second-order valence-electron chi connectivity index (χ2n) is 9.75. The average Bonchev–Trinajstić information content (AvgIpc) is 3.33. The van der Waals surface area contributed by atoms with E-state index >= 15 is 0 Å². The number of carbonyl (C=O) groups is 1. The number of piperidine rings is 1. The third-order valence-electron chi connectivity index (χ3n) is 6.20. The number of unbranched alkanes of at least 4 members (excludes halogenated alkanes) is 1. The molecule has 0 spiro atoms. The van der Waals surface area contributed by atoms with E-state index in [1.165, 1.54) is 18.6 Å². The summed E-state index contributed by atoms with van der Waals surface area (Å²) in [6, 6.07) is 0.521. The van der Waals surface area contributed by atoms with Gasteiger partial charge >= 0.3 is 0 Å². The van der Waals surface area contributed by atoms with Gasteiger partial charge < -0.3 is 18.8 Å². The quantitative estimate of drug-likeness (QED) is 0.111. The Bertz CT molecular complexity index is 631. The second kappa shape index (κ2) is 15.2. The second-order valence-corrected chi connectivity index (χ2v) is 14.0. The Kier molecular flexibility index (Phi) is 12.7. The van der Waals surface area contributed by atoms with Crippen LogP contribution in [0.3, 0.4) is 0 Å². The van der Waals surface area contributed by atoms with Crippen LogP contribution >= 0.6 is 30.1 Å². The molecule has 0 aromatic carbocycles. The van der Waals surface area contributed by atoms with Gasteiger partial charge in [0, 0.05) is 44.0 Å². The SMILES string of the molecule is [3H]CC1(COP(OCC[N+]#[C-])N(C(C)C)C(C)C)CCN(C(=O)CCCC[C@@H]2CCSS2)CC1. The lowest BCUT2D eigenvalue weighted by molar-refractivity contribution is -0.133. The van der Waals surface area contributed by atoms with E-state index in [1.807, 2.05) is 26.5 Å². The monoisotopic (exact) mass is 519 g/mol. The van der Waals surface area contributed by atoms with E-state index in [1.54, 1.807) is 0 Å². The molecule has 2 rings (SSSR count). The van der Waals surface area contributed by atoms with Crippen molar-refractivity contribution in [3.05, 3.63) is 11.4 Å². The maximum atomic E-state index is 12.7. The first kappa shape index (κ1) is 27.6. The number of amides is 1. The predicted molar refractivity (Wildman–Crippen MR) is 143 cm³/mol. The molecule has 0 aromatic heterocycles. The molecule has 9 heteroatoms. The van der Waals surface area contributed by atoms with Crippen LogP contribution in [-0.4, -0.2) is 71.4 Å². The van der Waals surface area contributed by atoms with Crippen LogP contribution in [0.15, 0.2) is 0 Å². The molecule has 2 saturated heterocycles. The van der Waals surface area contributed by atoms with Gasteiger partial charge in [0.1, 0.15) is 6.61 Å². The normalized spacial score (nSPS) is 22.1. The highest BCUT2D eigenvalue weighted by Crippen LogP contribution is 2.48. The lowest BCUT2D eigenvalue weighted by Crippen LogP contribution is -2.44. The Morgan fingerprint density at radius 2 is 2.00 bits per heavy atom. The summed E-state index contributed by atoms with van der Waals surface area (Å²) >= 11 is 0. The molecule has 0 radical (unpaired) electrons. The molecular weight excluding hydrogens is 473 g/mol. The Labute approximate surface area is 212 Å². The number of hydrogen-bond acceptors (Lipinski definition) is 6. The third kappa shape index (κ3) is 10.2. The van der Waals surface area contributed by atoms with Crippen molar-refractivity contribution in [3.8, 4) is 0 Å². The van der Waals surface area contributed by atoms with Gasteiger partial charge in [-0.3, -0.25) is 4.79 Å². The minimum absolute atomic E-state index is 0.239. The predicted octanol–water partition coefficient (Wildman–Crippen LogP) is 6.63. The molecule has 6 nitrogen and oxygen atoms in total. The molecule has 2 fully saturated rings. The number of hydrogen-bond donors (Lipinski definition) is 0. The van der Waals surface area contributed by atoms with E-state index in [-0.39, 0.29) is 23.4 Å². The lowest BCUT2D eigenvalue weighted by Gasteiger charge is -2.41. The van der Waals surface area contributed by atoms with Gasteiger partial charge in [-0.25, -0.2) is 11.2 Å². The number of carbonyl (C=O) groups excluding carboxylic acids is 1. The molecule has 0 aromatic rings.